The molecule has 0 amide bonds. The first kappa shape index (κ1) is 38.1. The molecule has 12 nitrogen and oxygen atoms in total. The minimum Gasteiger partial charge on any atom is -0.394 e. The molecule has 0 bridgehead atoms. The van der Waals surface area contributed by atoms with E-state index < -0.39 is 73.1 Å². The van der Waals surface area contributed by atoms with Gasteiger partial charge in [0.2, 0.25) is 0 Å². The fourth-order valence-electron chi connectivity index (χ4n) is 12.9. The third-order valence-electron chi connectivity index (χ3n) is 16.3. The zero-order chi connectivity index (χ0) is 37.1. The molecule has 3 saturated heterocycles. The lowest BCUT2D eigenvalue weighted by molar-refractivity contribution is -0.335. The molecule has 0 aromatic heterocycles. The van der Waals surface area contributed by atoms with Crippen LogP contribution in [0.2, 0.25) is 0 Å². The monoisotopic (exact) mass is 736 g/mol. The molecule has 7 N–H and O–H groups in total. The summed E-state index contributed by atoms with van der Waals surface area (Å²) in [7, 11) is 0. The minimum atomic E-state index is -1.47. The SMILES string of the molecule is CC1CCC2(OC1)OC1CC3C4CC=C5CC(OC6OC(CO)C(O)C(O)C6OC6CC(C)C(O)C(O)C6O)CCC5(C)C4CCC3(C)C1(O)C2C. The first-order valence-electron chi connectivity index (χ1n) is 20.3. The Morgan fingerprint density at radius 2 is 1.62 bits per heavy atom. The predicted molar refractivity (Wildman–Crippen MR) is 186 cm³/mol. The molecule has 21 unspecified atom stereocenters. The summed E-state index contributed by atoms with van der Waals surface area (Å²) >= 11 is 0. The van der Waals surface area contributed by atoms with Gasteiger partial charge in [-0.1, -0.05) is 46.3 Å². The maximum Gasteiger partial charge on any atom is 0.187 e. The van der Waals surface area contributed by atoms with Gasteiger partial charge in [0, 0.05) is 17.8 Å². The zero-order valence-electron chi connectivity index (χ0n) is 31.5. The Kier molecular flexibility index (Phi) is 9.86. The molecule has 7 fully saturated rings. The van der Waals surface area contributed by atoms with Gasteiger partial charge in [-0.25, -0.2) is 0 Å². The van der Waals surface area contributed by atoms with Crippen molar-refractivity contribution in [2.75, 3.05) is 13.2 Å². The number of fused-ring (bicyclic) bond motifs is 7. The molecule has 8 aliphatic rings. The van der Waals surface area contributed by atoms with Gasteiger partial charge in [0.25, 0.3) is 0 Å². The second-order valence-electron chi connectivity index (χ2n) is 18.9. The lowest BCUT2D eigenvalue weighted by Gasteiger charge is -2.60. The van der Waals surface area contributed by atoms with Crippen molar-refractivity contribution in [3.63, 3.8) is 0 Å². The van der Waals surface area contributed by atoms with Crippen LogP contribution in [0.4, 0.5) is 0 Å². The van der Waals surface area contributed by atoms with Gasteiger partial charge in [0.05, 0.1) is 37.6 Å². The summed E-state index contributed by atoms with van der Waals surface area (Å²) < 4.78 is 32.0. The van der Waals surface area contributed by atoms with E-state index in [1.165, 1.54) is 5.57 Å². The van der Waals surface area contributed by atoms with Crippen LogP contribution >= 0.6 is 0 Å². The van der Waals surface area contributed by atoms with Crippen LogP contribution in [-0.2, 0) is 23.7 Å². The van der Waals surface area contributed by atoms with Gasteiger partial charge in [-0.15, -0.1) is 0 Å². The molecule has 1 spiro atoms. The van der Waals surface area contributed by atoms with Crippen LogP contribution in [0.15, 0.2) is 11.6 Å². The van der Waals surface area contributed by atoms with Crippen LogP contribution in [0, 0.1) is 46.3 Å². The Morgan fingerprint density at radius 1 is 0.846 bits per heavy atom. The highest BCUT2D eigenvalue weighted by atomic mass is 16.7. The molecule has 21 atom stereocenters. The maximum absolute atomic E-state index is 12.7. The van der Waals surface area contributed by atoms with E-state index in [1.807, 2.05) is 0 Å². The van der Waals surface area contributed by atoms with Crippen molar-refractivity contribution in [2.24, 2.45) is 46.3 Å². The van der Waals surface area contributed by atoms with E-state index in [4.69, 9.17) is 23.7 Å². The number of hydrogen-bond acceptors (Lipinski definition) is 12. The van der Waals surface area contributed by atoms with Gasteiger partial charge < -0.3 is 59.4 Å². The molecule has 8 rings (SSSR count). The van der Waals surface area contributed by atoms with E-state index in [-0.39, 0.29) is 41.3 Å². The van der Waals surface area contributed by atoms with E-state index in [0.717, 1.165) is 51.4 Å². The molecule has 0 aromatic carbocycles. The van der Waals surface area contributed by atoms with Crippen molar-refractivity contribution >= 4 is 0 Å². The quantitative estimate of drug-likeness (QED) is 0.204. The number of ether oxygens (including phenoxy) is 5. The molecule has 3 aliphatic heterocycles. The molecular formula is C40H64O12. The highest BCUT2D eigenvalue weighted by Gasteiger charge is 2.76. The van der Waals surface area contributed by atoms with Crippen molar-refractivity contribution in [3.8, 4) is 0 Å². The van der Waals surface area contributed by atoms with E-state index in [9.17, 15) is 35.7 Å². The molecule has 52 heavy (non-hydrogen) atoms. The fraction of sp³-hybridized carbons (Fsp3) is 0.950. The standard InChI is InChI=1S/C40H64O12/c1-19-8-13-39(48-18-19)21(3)40(47)29(52-39)16-26-24-7-6-22-15-23(9-11-37(22,4)25(24)10-12-38(26,40)5)49-36-35(34(46)32(44)28(17-41)51-36)50-27-14-20(2)30(42)33(45)31(27)43/h6,19-21,23-36,41-47H,7-18H2,1-5H3. The fourth-order valence-corrected chi connectivity index (χ4v) is 12.9. The number of rotatable bonds is 5. The molecule has 0 radical (unpaired) electrons. The average Bonchev–Trinajstić information content (AvgIpc) is 3.48. The summed E-state index contributed by atoms with van der Waals surface area (Å²) in [4.78, 5) is 0. The van der Waals surface area contributed by atoms with Crippen LogP contribution < -0.4 is 0 Å². The third-order valence-corrected chi connectivity index (χ3v) is 16.3. The number of aliphatic hydroxyl groups is 7. The van der Waals surface area contributed by atoms with Crippen molar-refractivity contribution in [1.82, 2.24) is 0 Å². The maximum atomic E-state index is 12.7. The summed E-state index contributed by atoms with van der Waals surface area (Å²) in [6.45, 7) is 11.0. The van der Waals surface area contributed by atoms with Crippen molar-refractivity contribution in [1.29, 1.82) is 0 Å². The van der Waals surface area contributed by atoms with Crippen LogP contribution in [0.5, 0.6) is 0 Å². The second kappa shape index (κ2) is 13.4. The molecule has 12 heteroatoms. The molecule has 3 heterocycles. The summed E-state index contributed by atoms with van der Waals surface area (Å²) in [5.41, 5.74) is 0.162. The average molecular weight is 737 g/mol. The normalized spacial score (nSPS) is 58.9. The van der Waals surface area contributed by atoms with E-state index >= 15 is 0 Å². The Hall–Kier alpha value is -0.740. The van der Waals surface area contributed by atoms with Crippen molar-refractivity contribution in [3.05, 3.63) is 11.6 Å². The molecule has 4 saturated carbocycles. The van der Waals surface area contributed by atoms with Crippen molar-refractivity contribution < 1.29 is 59.4 Å². The van der Waals surface area contributed by atoms with Gasteiger partial charge in [-0.05, 0) is 92.8 Å². The number of hydrogen-bond donors (Lipinski definition) is 7. The second-order valence-corrected chi connectivity index (χ2v) is 18.9. The smallest absolute Gasteiger partial charge is 0.187 e. The van der Waals surface area contributed by atoms with Gasteiger partial charge in [-0.3, -0.25) is 0 Å². The van der Waals surface area contributed by atoms with Crippen LogP contribution in [0.1, 0.15) is 98.8 Å². The van der Waals surface area contributed by atoms with Gasteiger partial charge in [0.15, 0.2) is 12.1 Å². The zero-order valence-corrected chi connectivity index (χ0v) is 31.5. The van der Waals surface area contributed by atoms with Crippen LogP contribution in [0.3, 0.4) is 0 Å². The van der Waals surface area contributed by atoms with Gasteiger partial charge >= 0.3 is 0 Å². The first-order chi connectivity index (χ1) is 24.6. The molecule has 5 aliphatic carbocycles. The van der Waals surface area contributed by atoms with Gasteiger partial charge in [-0.2, -0.15) is 0 Å². The van der Waals surface area contributed by atoms with Crippen LogP contribution in [0.25, 0.3) is 0 Å². The summed E-state index contributed by atoms with van der Waals surface area (Å²) in [5, 5.41) is 76.1. The van der Waals surface area contributed by atoms with Crippen LogP contribution in [-0.4, -0.2) is 128 Å². The number of aliphatic hydroxyl groups excluding tert-OH is 6. The Bertz CT molecular complexity index is 1350. The Balaban J connectivity index is 0.977. The number of allylic oxidation sites excluding steroid dienone is 1. The van der Waals surface area contributed by atoms with E-state index in [1.54, 1.807) is 6.92 Å². The topological polar surface area (TPSA) is 188 Å². The Labute approximate surface area is 307 Å². The predicted octanol–water partition coefficient (Wildman–Crippen LogP) is 2.17. The van der Waals surface area contributed by atoms with Crippen molar-refractivity contribution in [2.45, 2.75) is 178 Å². The minimum absolute atomic E-state index is 0.0211. The summed E-state index contributed by atoms with van der Waals surface area (Å²) in [6.07, 6.45) is -1.06. The first-order valence-corrected chi connectivity index (χ1v) is 20.3. The largest absolute Gasteiger partial charge is 0.394 e. The summed E-state index contributed by atoms with van der Waals surface area (Å²) in [5.74, 6) is 0.620. The van der Waals surface area contributed by atoms with E-state index in [2.05, 4.69) is 33.8 Å². The summed E-state index contributed by atoms with van der Waals surface area (Å²) in [6, 6.07) is 0. The van der Waals surface area contributed by atoms with E-state index in [0.29, 0.717) is 36.7 Å². The third kappa shape index (κ3) is 5.51. The molecule has 0 aromatic rings. The van der Waals surface area contributed by atoms with Gasteiger partial charge in [0.1, 0.15) is 42.2 Å². The molecule has 296 valence electrons. The lowest BCUT2D eigenvalue weighted by atomic mass is 9.46. The highest BCUT2D eigenvalue weighted by molar-refractivity contribution is 5.29. The molecular weight excluding hydrogens is 672 g/mol. The lowest BCUT2D eigenvalue weighted by Crippen LogP contribution is -2.63. The highest BCUT2D eigenvalue weighted by Crippen LogP contribution is 2.72. The Morgan fingerprint density at radius 3 is 2.33 bits per heavy atom.